The summed E-state index contributed by atoms with van der Waals surface area (Å²) in [5.74, 6) is -0.0930. The molecule has 0 bridgehead atoms. The van der Waals surface area contributed by atoms with E-state index in [1.165, 1.54) is 17.3 Å². The van der Waals surface area contributed by atoms with Crippen molar-refractivity contribution in [1.82, 2.24) is 15.2 Å². The van der Waals surface area contributed by atoms with Crippen LogP contribution in [-0.2, 0) is 16.1 Å². The molecule has 1 saturated carbocycles. The number of hydrogen-bond acceptors (Lipinski definition) is 6. The molecule has 10 heteroatoms. The molecule has 1 atom stereocenters. The smallest absolute Gasteiger partial charge is 0.257 e. The zero-order chi connectivity index (χ0) is 27.1. The van der Waals surface area contributed by atoms with Gasteiger partial charge in [-0.05, 0) is 51.2 Å². The van der Waals surface area contributed by atoms with E-state index in [-0.39, 0.29) is 46.5 Å². The van der Waals surface area contributed by atoms with Crippen molar-refractivity contribution in [2.24, 2.45) is 5.92 Å². The average molecular weight is 610 g/mol. The van der Waals surface area contributed by atoms with E-state index in [4.69, 9.17) is 28.6 Å². The van der Waals surface area contributed by atoms with Crippen molar-refractivity contribution in [2.75, 3.05) is 6.54 Å². The number of ketones is 1. The van der Waals surface area contributed by atoms with Crippen molar-refractivity contribution < 1.29 is 14.7 Å². The number of allylic oxidation sites excluding steroid dienone is 1. The molecule has 0 aliphatic heterocycles. The van der Waals surface area contributed by atoms with Gasteiger partial charge in [0.15, 0.2) is 0 Å². The number of aliphatic hydroxyl groups is 1. The predicted molar refractivity (Wildman–Crippen MR) is 150 cm³/mol. The molecule has 1 aromatic heterocycles. The van der Waals surface area contributed by atoms with Crippen LogP contribution < -0.4 is 5.32 Å². The number of benzene rings is 1. The Morgan fingerprint density at radius 3 is 2.38 bits per heavy atom. The number of halogens is 3. The maximum absolute atomic E-state index is 13.8. The minimum atomic E-state index is -1.17. The van der Waals surface area contributed by atoms with Gasteiger partial charge in [0.25, 0.3) is 5.91 Å². The minimum Gasteiger partial charge on any atom is -0.386 e. The molecule has 7 nitrogen and oxygen atoms in total. The summed E-state index contributed by atoms with van der Waals surface area (Å²) in [6, 6.07) is 7.63. The van der Waals surface area contributed by atoms with Gasteiger partial charge in [-0.15, -0.1) is 0 Å². The van der Waals surface area contributed by atoms with Gasteiger partial charge >= 0.3 is 0 Å². The van der Waals surface area contributed by atoms with E-state index >= 15 is 0 Å². The first-order chi connectivity index (χ1) is 17.6. The maximum atomic E-state index is 13.8. The summed E-state index contributed by atoms with van der Waals surface area (Å²) in [4.78, 5) is 30.9. The van der Waals surface area contributed by atoms with Gasteiger partial charge in [-0.3, -0.25) is 14.6 Å². The number of carbonyl (C=O) groups is 2. The van der Waals surface area contributed by atoms with Crippen LogP contribution in [0.2, 0.25) is 10.0 Å². The molecule has 198 valence electrons. The van der Waals surface area contributed by atoms with Crippen molar-refractivity contribution in [3.63, 3.8) is 0 Å². The Morgan fingerprint density at radius 1 is 1.19 bits per heavy atom. The van der Waals surface area contributed by atoms with Crippen LogP contribution in [0.25, 0.3) is 0 Å². The molecule has 1 unspecified atom stereocenters. The number of aromatic nitrogens is 1. The zero-order valence-electron chi connectivity index (χ0n) is 20.8. The molecule has 1 amide bonds. The van der Waals surface area contributed by atoms with Crippen molar-refractivity contribution in [3.8, 4) is 0 Å². The van der Waals surface area contributed by atoms with Gasteiger partial charge in [0.1, 0.15) is 5.78 Å². The van der Waals surface area contributed by atoms with Gasteiger partial charge in [-0.2, -0.15) is 0 Å². The molecule has 2 aromatic rings. The van der Waals surface area contributed by atoms with Crippen LogP contribution >= 0.6 is 39.1 Å². The topological polar surface area (TPSA) is 106 Å². The zero-order valence-corrected chi connectivity index (χ0v) is 23.9. The summed E-state index contributed by atoms with van der Waals surface area (Å²) >= 11 is 16.0. The van der Waals surface area contributed by atoms with E-state index in [1.807, 2.05) is 24.3 Å². The highest BCUT2D eigenvalue weighted by atomic mass is 79.9. The number of amides is 1. The van der Waals surface area contributed by atoms with Gasteiger partial charge < -0.3 is 20.7 Å². The maximum Gasteiger partial charge on any atom is 0.257 e. The third-order valence-electron chi connectivity index (χ3n) is 6.72. The highest BCUT2D eigenvalue weighted by molar-refractivity contribution is 9.10. The van der Waals surface area contributed by atoms with E-state index in [9.17, 15) is 14.7 Å². The second-order valence-electron chi connectivity index (χ2n) is 9.30. The normalized spacial score (nSPS) is 19.0. The second-order valence-corrected chi connectivity index (χ2v) is 11.0. The minimum absolute atomic E-state index is 0.0966. The number of pyridine rings is 1. The summed E-state index contributed by atoms with van der Waals surface area (Å²) in [6.07, 6.45) is 5.91. The standard InChI is InChI=1S/C27H31BrCl2N4O3/c1-16(33-20-9-7-18(8-10-20)17(2)35)21(11-31)27(37)34(14-19-5-3-4-6-22(19)28)15-25(36)26-23(29)12-32-13-24(26)30/h3-6,11-13,18,20,25,31,33,36H,7-10,14-15H2,1-2H3/b21-16+,31-11?/t18-,20-,25?. The molecular weight excluding hydrogens is 579 g/mol. The second kappa shape index (κ2) is 13.5. The Balaban J connectivity index is 1.86. The monoisotopic (exact) mass is 608 g/mol. The van der Waals surface area contributed by atoms with E-state index in [0.717, 1.165) is 41.9 Å². The lowest BCUT2D eigenvalue weighted by atomic mass is 9.84. The Labute approximate surface area is 235 Å². The van der Waals surface area contributed by atoms with E-state index < -0.39 is 12.0 Å². The molecule has 1 heterocycles. The van der Waals surface area contributed by atoms with Crippen molar-refractivity contribution in [2.45, 2.75) is 58.2 Å². The van der Waals surface area contributed by atoms with Gasteiger partial charge in [0.2, 0.25) is 0 Å². The fourth-order valence-electron chi connectivity index (χ4n) is 4.62. The van der Waals surface area contributed by atoms with Crippen molar-refractivity contribution in [3.05, 3.63) is 73.6 Å². The molecule has 1 fully saturated rings. The van der Waals surface area contributed by atoms with Crippen LogP contribution in [0.3, 0.4) is 0 Å². The Morgan fingerprint density at radius 2 is 1.81 bits per heavy atom. The number of carbonyl (C=O) groups excluding carboxylic acids is 2. The highest BCUT2D eigenvalue weighted by Gasteiger charge is 2.28. The third kappa shape index (κ3) is 7.63. The summed E-state index contributed by atoms with van der Waals surface area (Å²) in [7, 11) is 0. The van der Waals surface area contributed by atoms with Crippen molar-refractivity contribution >= 4 is 57.0 Å². The fraction of sp³-hybridized carbons (Fsp3) is 0.407. The van der Waals surface area contributed by atoms with Crippen molar-refractivity contribution in [1.29, 1.82) is 5.41 Å². The molecule has 0 saturated heterocycles. The molecule has 0 spiro atoms. The van der Waals surface area contributed by atoms with E-state index in [1.54, 1.807) is 13.8 Å². The number of Topliss-reactive ketones (excluding diaryl/α,β-unsaturated/α-hetero) is 1. The molecule has 37 heavy (non-hydrogen) atoms. The van der Waals surface area contributed by atoms with Crippen LogP contribution in [0, 0.1) is 11.3 Å². The number of aliphatic hydroxyl groups excluding tert-OH is 1. The highest BCUT2D eigenvalue weighted by Crippen LogP contribution is 2.31. The first kappa shape index (κ1) is 29.3. The van der Waals surface area contributed by atoms with Crippen LogP contribution in [0.4, 0.5) is 0 Å². The van der Waals surface area contributed by atoms with Gasteiger partial charge in [0, 0.05) is 52.8 Å². The predicted octanol–water partition coefficient (Wildman–Crippen LogP) is 5.87. The largest absolute Gasteiger partial charge is 0.386 e. The average Bonchev–Trinajstić information content (AvgIpc) is 2.85. The Kier molecular flexibility index (Phi) is 10.7. The molecule has 1 aliphatic rings. The fourth-order valence-corrected chi connectivity index (χ4v) is 5.65. The molecule has 3 N–H and O–H groups in total. The molecule has 1 aliphatic carbocycles. The summed E-state index contributed by atoms with van der Waals surface area (Å²) in [5, 5.41) is 22.9. The first-order valence-electron chi connectivity index (χ1n) is 12.1. The molecule has 3 rings (SSSR count). The van der Waals surface area contributed by atoms with E-state index in [2.05, 4.69) is 26.2 Å². The van der Waals surface area contributed by atoms with Gasteiger partial charge in [0.05, 0.1) is 28.3 Å². The number of nitrogens with one attached hydrogen (secondary N) is 2. The molecule has 1 aromatic carbocycles. The van der Waals surface area contributed by atoms with Crippen LogP contribution in [0.5, 0.6) is 0 Å². The van der Waals surface area contributed by atoms with Crippen LogP contribution in [-0.4, -0.2) is 45.5 Å². The molecular formula is C27H31BrCl2N4O3. The quantitative estimate of drug-likeness (QED) is 0.231. The lowest BCUT2D eigenvalue weighted by Gasteiger charge is -2.30. The van der Waals surface area contributed by atoms with Crippen LogP contribution in [0.1, 0.15) is 56.8 Å². The molecule has 0 radical (unpaired) electrons. The number of rotatable bonds is 10. The lowest BCUT2D eigenvalue weighted by molar-refractivity contribution is -0.128. The van der Waals surface area contributed by atoms with Crippen LogP contribution in [0.15, 0.2) is 52.4 Å². The first-order valence-corrected chi connectivity index (χ1v) is 13.6. The Bertz CT molecular complexity index is 1160. The number of nitrogens with zero attached hydrogens (tertiary/aromatic N) is 2. The SMILES string of the molecule is C/C(N[C@H]1CC[C@H](C(C)=O)CC1)=C(/C=N)C(=O)N(Cc1ccccc1Br)CC(O)c1c(Cl)cncc1Cl. The lowest BCUT2D eigenvalue weighted by Crippen LogP contribution is -2.39. The summed E-state index contributed by atoms with van der Waals surface area (Å²) < 4.78 is 0.819. The van der Waals surface area contributed by atoms with E-state index in [0.29, 0.717) is 11.3 Å². The summed E-state index contributed by atoms with van der Waals surface area (Å²) in [6.45, 7) is 3.50. The Hall–Kier alpha value is -2.26. The van der Waals surface area contributed by atoms with Gasteiger partial charge in [-0.25, -0.2) is 0 Å². The number of hydrogen-bond donors (Lipinski definition) is 3. The summed E-state index contributed by atoms with van der Waals surface area (Å²) in [5.41, 5.74) is 1.91. The van der Waals surface area contributed by atoms with Gasteiger partial charge in [-0.1, -0.05) is 57.3 Å². The third-order valence-corrected chi connectivity index (χ3v) is 8.10.